The lowest BCUT2D eigenvalue weighted by molar-refractivity contribution is -0.137. The molecule has 2 rings (SSSR count). The minimum absolute atomic E-state index is 0.206. The first-order valence-corrected chi connectivity index (χ1v) is 6.90. The maximum absolute atomic E-state index is 12.8. The van der Waals surface area contributed by atoms with E-state index in [-0.39, 0.29) is 16.6 Å². The summed E-state index contributed by atoms with van der Waals surface area (Å²) in [6.07, 6.45) is -1.73. The summed E-state index contributed by atoms with van der Waals surface area (Å²) in [4.78, 5) is 14.5. The zero-order valence-corrected chi connectivity index (χ0v) is 11.8. The summed E-state index contributed by atoms with van der Waals surface area (Å²) in [5.74, 6) is -1.28. The molecule has 1 aromatic carbocycles. The Hall–Kier alpha value is -1.67. The van der Waals surface area contributed by atoms with Gasteiger partial charge in [0.15, 0.2) is 5.16 Å². The molecule has 0 amide bonds. The highest BCUT2D eigenvalue weighted by molar-refractivity contribution is 7.99. The third-order valence-electron chi connectivity index (χ3n) is 2.47. The van der Waals surface area contributed by atoms with E-state index in [0.29, 0.717) is 0 Å². The number of carboxylic acids is 1. The predicted octanol–water partition coefficient (Wildman–Crippen LogP) is 3.72. The van der Waals surface area contributed by atoms with Gasteiger partial charge in [-0.1, -0.05) is 23.4 Å². The maximum Gasteiger partial charge on any atom is 0.417 e. The summed E-state index contributed by atoms with van der Waals surface area (Å²) in [6.45, 7) is 0. The van der Waals surface area contributed by atoms with Crippen LogP contribution in [-0.4, -0.2) is 26.4 Å². The first-order chi connectivity index (χ1) is 9.79. The molecule has 0 atom stereocenters. The molecule has 0 saturated heterocycles. The molecule has 0 bridgehead atoms. The molecule has 0 aliphatic carbocycles. The maximum atomic E-state index is 12.8. The monoisotopic (exact) mass is 336 g/mol. The zero-order chi connectivity index (χ0) is 15.6. The second-order valence-corrected chi connectivity index (χ2v) is 5.27. The fourth-order valence-corrected chi connectivity index (χ4v) is 2.52. The van der Waals surface area contributed by atoms with Crippen LogP contribution in [0.15, 0.2) is 35.7 Å². The highest BCUT2D eigenvalue weighted by atomic mass is 35.5. The minimum Gasteiger partial charge on any atom is -0.481 e. The number of hydrogen-bond donors (Lipinski definition) is 1. The molecule has 0 fully saturated rings. The fraction of sp³-hybridized carbons (Fsp3) is 0.167. The number of alkyl halides is 3. The van der Waals surface area contributed by atoms with Gasteiger partial charge in [-0.15, -0.1) is 0 Å². The first-order valence-electron chi connectivity index (χ1n) is 5.54. The summed E-state index contributed by atoms with van der Waals surface area (Å²) in [6, 6.07) is 3.45. The van der Waals surface area contributed by atoms with E-state index in [1.165, 1.54) is 23.0 Å². The van der Waals surface area contributed by atoms with Gasteiger partial charge in [0, 0.05) is 18.1 Å². The van der Waals surface area contributed by atoms with Crippen LogP contribution in [0.5, 0.6) is 0 Å². The van der Waals surface area contributed by atoms with E-state index in [9.17, 15) is 18.0 Å². The SMILES string of the molecule is O=C(O)CSc1nccn1-c1ccc(Cl)c(C(F)(F)F)c1. The molecule has 2 aromatic rings. The van der Waals surface area contributed by atoms with Crippen molar-refractivity contribution in [2.24, 2.45) is 0 Å². The molecule has 21 heavy (non-hydrogen) atoms. The van der Waals surface area contributed by atoms with Crippen LogP contribution in [0.4, 0.5) is 13.2 Å². The molecule has 9 heteroatoms. The van der Waals surface area contributed by atoms with Gasteiger partial charge in [0.2, 0.25) is 0 Å². The van der Waals surface area contributed by atoms with Crippen molar-refractivity contribution < 1.29 is 23.1 Å². The Balaban J connectivity index is 2.39. The number of carboxylic acid groups (broad SMARTS) is 1. The molecule has 4 nitrogen and oxygen atoms in total. The Morgan fingerprint density at radius 2 is 2.14 bits per heavy atom. The lowest BCUT2D eigenvalue weighted by atomic mass is 10.2. The first kappa shape index (κ1) is 15.7. The number of rotatable bonds is 4. The van der Waals surface area contributed by atoms with E-state index >= 15 is 0 Å². The fourth-order valence-electron chi connectivity index (χ4n) is 1.60. The lowest BCUT2D eigenvalue weighted by Gasteiger charge is -2.12. The highest BCUT2D eigenvalue weighted by Crippen LogP contribution is 2.36. The molecule has 0 aliphatic rings. The van der Waals surface area contributed by atoms with Crippen LogP contribution in [0.25, 0.3) is 5.69 Å². The quantitative estimate of drug-likeness (QED) is 0.865. The van der Waals surface area contributed by atoms with Gasteiger partial charge in [-0.05, 0) is 18.2 Å². The van der Waals surface area contributed by atoms with Gasteiger partial charge in [-0.3, -0.25) is 9.36 Å². The van der Waals surface area contributed by atoms with Crippen molar-refractivity contribution in [2.45, 2.75) is 11.3 Å². The van der Waals surface area contributed by atoms with Gasteiger partial charge < -0.3 is 5.11 Å². The van der Waals surface area contributed by atoms with Crippen molar-refractivity contribution in [1.82, 2.24) is 9.55 Å². The van der Waals surface area contributed by atoms with Crippen molar-refractivity contribution in [3.63, 3.8) is 0 Å². The van der Waals surface area contributed by atoms with Crippen LogP contribution in [0.1, 0.15) is 5.56 Å². The normalized spacial score (nSPS) is 11.6. The van der Waals surface area contributed by atoms with Crippen LogP contribution in [0, 0.1) is 0 Å². The van der Waals surface area contributed by atoms with Crippen molar-refractivity contribution >= 4 is 29.3 Å². The molecule has 1 aromatic heterocycles. The van der Waals surface area contributed by atoms with Crippen molar-refractivity contribution in [3.05, 3.63) is 41.2 Å². The molecule has 0 saturated carbocycles. The third-order valence-corrected chi connectivity index (χ3v) is 3.75. The van der Waals surface area contributed by atoms with Gasteiger partial charge in [-0.25, -0.2) is 4.98 Å². The lowest BCUT2D eigenvalue weighted by Crippen LogP contribution is -2.08. The Labute approximate surface area is 126 Å². The minimum atomic E-state index is -4.57. The topological polar surface area (TPSA) is 55.1 Å². The van der Waals surface area contributed by atoms with Crippen LogP contribution in [0.2, 0.25) is 5.02 Å². The number of halogens is 4. The number of aromatic nitrogens is 2. The third kappa shape index (κ3) is 3.70. The molecular formula is C12H8ClF3N2O2S. The average Bonchev–Trinajstić information content (AvgIpc) is 2.84. The second kappa shape index (κ2) is 5.98. The van der Waals surface area contributed by atoms with Gasteiger partial charge in [0.25, 0.3) is 0 Å². The number of aliphatic carboxylic acids is 1. The molecule has 0 aliphatic heterocycles. The summed E-state index contributed by atoms with van der Waals surface area (Å²) < 4.78 is 39.9. The summed E-state index contributed by atoms with van der Waals surface area (Å²) in [5.41, 5.74) is -0.748. The molecule has 112 valence electrons. The Morgan fingerprint density at radius 3 is 2.76 bits per heavy atom. The van der Waals surface area contributed by atoms with E-state index in [1.54, 1.807) is 0 Å². The zero-order valence-electron chi connectivity index (χ0n) is 10.3. The number of nitrogens with zero attached hydrogens (tertiary/aromatic N) is 2. The number of thioether (sulfide) groups is 1. The van der Waals surface area contributed by atoms with E-state index in [4.69, 9.17) is 16.7 Å². The summed E-state index contributed by atoms with van der Waals surface area (Å²) in [5, 5.41) is 8.52. The average molecular weight is 337 g/mol. The van der Waals surface area contributed by atoms with Crippen molar-refractivity contribution in [3.8, 4) is 5.69 Å². The van der Waals surface area contributed by atoms with Gasteiger partial charge in [0.1, 0.15) is 0 Å². The van der Waals surface area contributed by atoms with Crippen LogP contribution in [0.3, 0.4) is 0 Å². The van der Waals surface area contributed by atoms with Crippen molar-refractivity contribution in [1.29, 1.82) is 0 Å². The predicted molar refractivity (Wildman–Crippen MR) is 71.9 cm³/mol. The Kier molecular flexibility index (Phi) is 4.48. The number of hydrogen-bond acceptors (Lipinski definition) is 3. The Bertz CT molecular complexity index is 673. The van der Waals surface area contributed by atoms with E-state index < -0.39 is 22.7 Å². The Morgan fingerprint density at radius 1 is 1.43 bits per heavy atom. The summed E-state index contributed by atoms with van der Waals surface area (Å²) in [7, 11) is 0. The molecule has 1 N–H and O–H groups in total. The van der Waals surface area contributed by atoms with Gasteiger partial charge >= 0.3 is 12.1 Å². The standard InChI is InChI=1S/C12H8ClF3N2O2S/c13-9-2-1-7(5-8(9)12(14,15)16)18-4-3-17-11(18)21-6-10(19)20/h1-5H,6H2,(H,19,20). The van der Waals surface area contributed by atoms with Crippen molar-refractivity contribution in [2.75, 3.05) is 5.75 Å². The van der Waals surface area contributed by atoms with Crippen LogP contribution >= 0.6 is 23.4 Å². The van der Waals surface area contributed by atoms with E-state index in [2.05, 4.69) is 4.98 Å². The number of carbonyl (C=O) groups is 1. The molecule has 0 radical (unpaired) electrons. The summed E-state index contributed by atoms with van der Waals surface area (Å²) >= 11 is 6.47. The molecule has 0 spiro atoms. The largest absolute Gasteiger partial charge is 0.481 e. The van der Waals surface area contributed by atoms with Gasteiger partial charge in [0.05, 0.1) is 16.3 Å². The second-order valence-electron chi connectivity index (χ2n) is 3.92. The highest BCUT2D eigenvalue weighted by Gasteiger charge is 2.33. The number of imidazole rings is 1. The molecular weight excluding hydrogens is 329 g/mol. The van der Waals surface area contributed by atoms with E-state index in [1.807, 2.05) is 0 Å². The van der Waals surface area contributed by atoms with E-state index in [0.717, 1.165) is 23.9 Å². The van der Waals surface area contributed by atoms with Crippen LogP contribution < -0.4 is 0 Å². The smallest absolute Gasteiger partial charge is 0.417 e. The molecule has 0 unspecified atom stereocenters. The van der Waals surface area contributed by atoms with Crippen LogP contribution in [-0.2, 0) is 11.0 Å². The molecule has 1 heterocycles. The van der Waals surface area contributed by atoms with Gasteiger partial charge in [-0.2, -0.15) is 13.2 Å². The number of benzene rings is 1.